The van der Waals surface area contributed by atoms with E-state index in [-0.39, 0.29) is 11.8 Å². The summed E-state index contributed by atoms with van der Waals surface area (Å²) >= 11 is 1.71. The molecule has 0 bridgehead atoms. The van der Waals surface area contributed by atoms with Gasteiger partial charge >= 0.3 is 0 Å². The van der Waals surface area contributed by atoms with E-state index in [0.717, 1.165) is 46.7 Å². The Morgan fingerprint density at radius 3 is 2.56 bits per heavy atom. The first-order valence-corrected chi connectivity index (χ1v) is 12.3. The number of aromatic nitrogens is 1. The van der Waals surface area contributed by atoms with Gasteiger partial charge in [-0.25, -0.2) is 4.98 Å². The topological polar surface area (TPSA) is 83.1 Å². The molecule has 0 saturated heterocycles. The molecule has 6 nitrogen and oxygen atoms in total. The fraction of sp³-hybridized carbons (Fsp3) is 0.222. The standard InChI is InChI=1S/C27H26N4O2S/c1-17(28-22-6-4-5-19(16-22)27(33)30-21-13-14-21)26(32)29-20-11-9-18(10-12-20)15-25-31-23-7-2-3-8-24(23)34-25/h2-12,16-17,21,28H,13-15H2,1H3,(H,29,32)(H,30,33)/t17-/m0/s1. The van der Waals surface area contributed by atoms with E-state index in [1.807, 2.05) is 54.6 Å². The summed E-state index contributed by atoms with van der Waals surface area (Å²) in [4.78, 5) is 29.7. The summed E-state index contributed by atoms with van der Waals surface area (Å²) in [5.74, 6) is -0.221. The average molecular weight is 471 g/mol. The zero-order chi connectivity index (χ0) is 23.5. The van der Waals surface area contributed by atoms with Crippen LogP contribution in [0.4, 0.5) is 11.4 Å². The number of thiazole rings is 1. The Bertz CT molecular complexity index is 1290. The normalized spacial score (nSPS) is 13.9. The van der Waals surface area contributed by atoms with E-state index in [2.05, 4.69) is 22.0 Å². The highest BCUT2D eigenvalue weighted by Crippen LogP contribution is 2.24. The first-order chi connectivity index (χ1) is 16.5. The van der Waals surface area contributed by atoms with Crippen LogP contribution < -0.4 is 16.0 Å². The predicted octanol–water partition coefficient (Wildman–Crippen LogP) is 5.22. The van der Waals surface area contributed by atoms with E-state index in [1.54, 1.807) is 30.4 Å². The van der Waals surface area contributed by atoms with Crippen molar-refractivity contribution in [2.45, 2.75) is 38.3 Å². The lowest BCUT2D eigenvalue weighted by molar-refractivity contribution is -0.116. The van der Waals surface area contributed by atoms with Crippen LogP contribution in [-0.2, 0) is 11.2 Å². The summed E-state index contributed by atoms with van der Waals surface area (Å²) in [6, 6.07) is 23.1. The number of carbonyl (C=O) groups is 2. The van der Waals surface area contributed by atoms with Crippen molar-refractivity contribution >= 4 is 44.7 Å². The van der Waals surface area contributed by atoms with Gasteiger partial charge in [0, 0.05) is 29.4 Å². The van der Waals surface area contributed by atoms with Crippen molar-refractivity contribution in [2.24, 2.45) is 0 Å². The number of para-hydroxylation sites is 1. The van der Waals surface area contributed by atoms with Gasteiger partial charge in [-0.15, -0.1) is 11.3 Å². The van der Waals surface area contributed by atoms with E-state index >= 15 is 0 Å². The number of anilines is 2. The van der Waals surface area contributed by atoms with Crippen molar-refractivity contribution < 1.29 is 9.59 Å². The Morgan fingerprint density at radius 1 is 1.00 bits per heavy atom. The van der Waals surface area contributed by atoms with Gasteiger partial charge in [0.1, 0.15) is 6.04 Å². The van der Waals surface area contributed by atoms with E-state index in [0.29, 0.717) is 11.6 Å². The van der Waals surface area contributed by atoms with Crippen LogP contribution >= 0.6 is 11.3 Å². The molecule has 34 heavy (non-hydrogen) atoms. The second-order valence-corrected chi connectivity index (χ2v) is 9.75. The third kappa shape index (κ3) is 5.43. The number of rotatable bonds is 8. The first-order valence-electron chi connectivity index (χ1n) is 11.5. The van der Waals surface area contributed by atoms with Gasteiger partial charge in [0.2, 0.25) is 5.91 Å². The van der Waals surface area contributed by atoms with Gasteiger partial charge in [0.05, 0.1) is 15.2 Å². The second-order valence-electron chi connectivity index (χ2n) is 8.63. The highest BCUT2D eigenvalue weighted by molar-refractivity contribution is 7.18. The van der Waals surface area contributed by atoms with Gasteiger partial charge in [0.25, 0.3) is 5.91 Å². The average Bonchev–Trinajstić information content (AvgIpc) is 3.56. The van der Waals surface area contributed by atoms with Gasteiger partial charge in [0.15, 0.2) is 0 Å². The maximum absolute atomic E-state index is 12.7. The summed E-state index contributed by atoms with van der Waals surface area (Å²) < 4.78 is 1.19. The quantitative estimate of drug-likeness (QED) is 0.330. The number of benzene rings is 3. The maximum atomic E-state index is 12.7. The van der Waals surface area contributed by atoms with E-state index in [4.69, 9.17) is 4.98 Å². The third-order valence-electron chi connectivity index (χ3n) is 5.73. The Morgan fingerprint density at radius 2 is 1.79 bits per heavy atom. The Balaban J connectivity index is 1.16. The molecule has 0 radical (unpaired) electrons. The molecule has 3 aromatic carbocycles. The molecule has 4 aromatic rings. The van der Waals surface area contributed by atoms with Crippen molar-refractivity contribution in [1.82, 2.24) is 10.3 Å². The van der Waals surface area contributed by atoms with Crippen LogP contribution in [0.15, 0.2) is 72.8 Å². The molecule has 5 rings (SSSR count). The molecule has 1 aliphatic rings. The Kier molecular flexibility index (Phi) is 6.27. The summed E-state index contributed by atoms with van der Waals surface area (Å²) in [6.07, 6.45) is 2.85. The number of hydrogen-bond acceptors (Lipinski definition) is 5. The molecule has 2 amide bonds. The van der Waals surface area contributed by atoms with Gasteiger partial charge in [-0.3, -0.25) is 9.59 Å². The highest BCUT2D eigenvalue weighted by atomic mass is 32.1. The minimum Gasteiger partial charge on any atom is -0.374 e. The van der Waals surface area contributed by atoms with E-state index in [1.165, 1.54) is 4.70 Å². The summed E-state index contributed by atoms with van der Waals surface area (Å²) in [7, 11) is 0. The summed E-state index contributed by atoms with van der Waals surface area (Å²) in [5.41, 5.74) is 4.24. The van der Waals surface area contributed by atoms with Crippen molar-refractivity contribution in [3.05, 3.63) is 88.9 Å². The van der Waals surface area contributed by atoms with Crippen molar-refractivity contribution in [3.8, 4) is 0 Å². The Labute approximate surface area is 202 Å². The van der Waals surface area contributed by atoms with Crippen molar-refractivity contribution in [3.63, 3.8) is 0 Å². The fourth-order valence-electron chi connectivity index (χ4n) is 3.69. The van der Waals surface area contributed by atoms with Crippen molar-refractivity contribution in [1.29, 1.82) is 0 Å². The summed E-state index contributed by atoms with van der Waals surface area (Å²) in [6.45, 7) is 1.80. The number of nitrogens with zero attached hydrogens (tertiary/aromatic N) is 1. The molecule has 1 atom stereocenters. The first kappa shape index (κ1) is 22.1. The molecule has 3 N–H and O–H groups in total. The molecule has 1 saturated carbocycles. The lowest BCUT2D eigenvalue weighted by Gasteiger charge is -2.16. The lowest BCUT2D eigenvalue weighted by atomic mass is 10.1. The smallest absolute Gasteiger partial charge is 0.251 e. The molecule has 0 unspecified atom stereocenters. The van der Waals surface area contributed by atoms with Gasteiger partial charge < -0.3 is 16.0 Å². The van der Waals surface area contributed by atoms with Crippen LogP contribution in [-0.4, -0.2) is 28.9 Å². The molecular weight excluding hydrogens is 444 g/mol. The molecule has 1 aromatic heterocycles. The largest absolute Gasteiger partial charge is 0.374 e. The number of amides is 2. The number of carbonyl (C=O) groups excluding carboxylic acids is 2. The molecule has 1 fully saturated rings. The molecule has 1 aliphatic carbocycles. The maximum Gasteiger partial charge on any atom is 0.251 e. The van der Waals surface area contributed by atoms with Crippen LogP contribution in [0.5, 0.6) is 0 Å². The lowest BCUT2D eigenvalue weighted by Crippen LogP contribution is -2.32. The van der Waals surface area contributed by atoms with E-state index in [9.17, 15) is 9.59 Å². The second kappa shape index (κ2) is 9.65. The minimum atomic E-state index is -0.468. The van der Waals surface area contributed by atoms with Crippen LogP contribution in [0, 0.1) is 0 Å². The SMILES string of the molecule is C[C@H](Nc1cccc(C(=O)NC2CC2)c1)C(=O)Nc1ccc(Cc2nc3ccccc3s2)cc1. The molecular formula is C27H26N4O2S. The summed E-state index contributed by atoms with van der Waals surface area (Å²) in [5, 5.41) is 10.2. The highest BCUT2D eigenvalue weighted by Gasteiger charge is 2.24. The number of hydrogen-bond donors (Lipinski definition) is 3. The minimum absolute atomic E-state index is 0.0748. The molecule has 0 spiro atoms. The zero-order valence-corrected chi connectivity index (χ0v) is 19.7. The molecule has 172 valence electrons. The monoisotopic (exact) mass is 470 g/mol. The van der Waals surface area contributed by atoms with Gasteiger partial charge in [-0.2, -0.15) is 0 Å². The molecule has 0 aliphatic heterocycles. The van der Waals surface area contributed by atoms with E-state index < -0.39 is 6.04 Å². The van der Waals surface area contributed by atoms with Gasteiger partial charge in [-0.1, -0.05) is 30.3 Å². The Hall–Kier alpha value is -3.71. The van der Waals surface area contributed by atoms with Crippen LogP contribution in [0.3, 0.4) is 0 Å². The number of fused-ring (bicyclic) bond motifs is 1. The molecule has 7 heteroatoms. The number of nitrogens with one attached hydrogen (secondary N) is 3. The van der Waals surface area contributed by atoms with Crippen LogP contribution in [0.25, 0.3) is 10.2 Å². The fourth-order valence-corrected chi connectivity index (χ4v) is 4.69. The zero-order valence-electron chi connectivity index (χ0n) is 18.9. The van der Waals surface area contributed by atoms with Crippen LogP contribution in [0.2, 0.25) is 0 Å². The molecule has 1 heterocycles. The third-order valence-corrected chi connectivity index (χ3v) is 6.77. The van der Waals surface area contributed by atoms with Crippen LogP contribution in [0.1, 0.15) is 40.7 Å². The van der Waals surface area contributed by atoms with Gasteiger partial charge in [-0.05, 0) is 67.8 Å². The predicted molar refractivity (Wildman–Crippen MR) is 138 cm³/mol. The van der Waals surface area contributed by atoms with Crippen molar-refractivity contribution in [2.75, 3.05) is 10.6 Å².